The lowest BCUT2D eigenvalue weighted by Crippen LogP contribution is -2.37. The first-order chi connectivity index (χ1) is 12.6. The van der Waals surface area contributed by atoms with Crippen LogP contribution in [-0.2, 0) is 25.7 Å². The van der Waals surface area contributed by atoms with Gasteiger partial charge in [-0.15, -0.1) is 0 Å². The van der Waals surface area contributed by atoms with E-state index in [0.717, 1.165) is 4.31 Å². The Morgan fingerprint density at radius 1 is 1.19 bits per heavy atom. The smallest absolute Gasteiger partial charge is 0.416 e. The zero-order valence-corrected chi connectivity index (χ0v) is 15.4. The van der Waals surface area contributed by atoms with Crippen molar-refractivity contribution in [1.29, 1.82) is 0 Å². The van der Waals surface area contributed by atoms with Crippen LogP contribution in [0, 0.1) is 5.82 Å². The van der Waals surface area contributed by atoms with Crippen molar-refractivity contribution in [1.82, 2.24) is 9.21 Å². The van der Waals surface area contributed by atoms with Crippen LogP contribution in [0.15, 0.2) is 23.1 Å². The summed E-state index contributed by atoms with van der Waals surface area (Å²) < 4.78 is 83.7. The number of hydrogen-bond acceptors (Lipinski definition) is 5. The van der Waals surface area contributed by atoms with Gasteiger partial charge < -0.3 is 4.74 Å². The third-order valence-corrected chi connectivity index (χ3v) is 6.00. The third kappa shape index (κ3) is 5.39. The van der Waals surface area contributed by atoms with Crippen LogP contribution in [0.4, 0.5) is 17.6 Å². The van der Waals surface area contributed by atoms with Gasteiger partial charge in [0.05, 0.1) is 18.7 Å². The molecular weight excluding hydrogens is 392 g/mol. The Morgan fingerprint density at radius 3 is 2.52 bits per heavy atom. The SMILES string of the molecule is CCOC(=O)CN1CCCN(S(=O)(=O)c2cc(C(F)(F)F)ccc2F)CC1. The van der Waals surface area contributed by atoms with Crippen LogP contribution in [0.5, 0.6) is 0 Å². The van der Waals surface area contributed by atoms with Gasteiger partial charge in [-0.3, -0.25) is 9.69 Å². The summed E-state index contributed by atoms with van der Waals surface area (Å²) in [7, 11) is -4.45. The van der Waals surface area contributed by atoms with E-state index in [1.54, 1.807) is 11.8 Å². The lowest BCUT2D eigenvalue weighted by Gasteiger charge is -2.22. The highest BCUT2D eigenvalue weighted by Crippen LogP contribution is 2.32. The molecule has 1 aliphatic rings. The maximum absolute atomic E-state index is 14.0. The van der Waals surface area contributed by atoms with E-state index in [1.807, 2.05) is 0 Å². The molecule has 0 N–H and O–H groups in total. The largest absolute Gasteiger partial charge is 0.465 e. The fourth-order valence-corrected chi connectivity index (χ4v) is 4.31. The Bertz CT molecular complexity index is 783. The molecule has 1 saturated heterocycles. The van der Waals surface area contributed by atoms with Gasteiger partial charge in [0.15, 0.2) is 0 Å². The minimum atomic E-state index is -4.78. The van der Waals surface area contributed by atoms with Crippen molar-refractivity contribution in [3.05, 3.63) is 29.6 Å². The van der Waals surface area contributed by atoms with Crippen molar-refractivity contribution < 1.29 is 35.5 Å². The molecule has 1 aliphatic heterocycles. The minimum absolute atomic E-state index is 0.0113. The van der Waals surface area contributed by atoms with E-state index in [4.69, 9.17) is 4.74 Å². The Kier molecular flexibility index (Phi) is 6.82. The van der Waals surface area contributed by atoms with Crippen LogP contribution in [0.3, 0.4) is 0 Å². The van der Waals surface area contributed by atoms with E-state index in [0.29, 0.717) is 31.2 Å². The number of rotatable bonds is 5. The molecule has 0 aliphatic carbocycles. The average Bonchev–Trinajstić information content (AvgIpc) is 2.80. The molecule has 1 fully saturated rings. The summed E-state index contributed by atoms with van der Waals surface area (Å²) in [5.74, 6) is -1.69. The summed E-state index contributed by atoms with van der Waals surface area (Å²) in [5.41, 5.74) is -1.23. The van der Waals surface area contributed by atoms with Gasteiger partial charge in [-0.2, -0.15) is 17.5 Å². The molecule has 2 rings (SSSR count). The molecule has 0 bridgehead atoms. The molecule has 0 amide bonds. The van der Waals surface area contributed by atoms with E-state index in [2.05, 4.69) is 0 Å². The fraction of sp³-hybridized carbons (Fsp3) is 0.562. The van der Waals surface area contributed by atoms with Gasteiger partial charge in [0.25, 0.3) is 0 Å². The number of esters is 1. The minimum Gasteiger partial charge on any atom is -0.465 e. The van der Waals surface area contributed by atoms with Crippen molar-refractivity contribution in [2.45, 2.75) is 24.4 Å². The molecule has 0 radical (unpaired) electrons. The molecule has 1 heterocycles. The number of ether oxygens (including phenoxy) is 1. The second kappa shape index (κ2) is 8.53. The molecule has 0 unspecified atom stereocenters. The number of hydrogen-bond donors (Lipinski definition) is 0. The van der Waals surface area contributed by atoms with E-state index < -0.39 is 38.4 Å². The van der Waals surface area contributed by atoms with Crippen LogP contribution >= 0.6 is 0 Å². The van der Waals surface area contributed by atoms with Crippen LogP contribution in [-0.4, -0.2) is 62.9 Å². The highest BCUT2D eigenvalue weighted by molar-refractivity contribution is 7.89. The van der Waals surface area contributed by atoms with Crippen molar-refractivity contribution in [3.8, 4) is 0 Å². The van der Waals surface area contributed by atoms with Gasteiger partial charge >= 0.3 is 12.1 Å². The Morgan fingerprint density at radius 2 is 1.89 bits per heavy atom. The number of carbonyl (C=O) groups is 1. The zero-order valence-electron chi connectivity index (χ0n) is 14.6. The Hall–Kier alpha value is -1.72. The molecule has 1 aromatic carbocycles. The maximum atomic E-state index is 14.0. The monoisotopic (exact) mass is 412 g/mol. The predicted octanol–water partition coefficient (Wildman–Crippen LogP) is 2.10. The van der Waals surface area contributed by atoms with Gasteiger partial charge in [-0.1, -0.05) is 0 Å². The summed E-state index contributed by atoms with van der Waals surface area (Å²) in [6.07, 6.45) is -4.44. The first-order valence-electron chi connectivity index (χ1n) is 8.30. The summed E-state index contributed by atoms with van der Waals surface area (Å²) >= 11 is 0. The zero-order chi connectivity index (χ0) is 20.2. The molecule has 0 saturated carbocycles. The van der Waals surface area contributed by atoms with Gasteiger partial charge in [0.1, 0.15) is 10.7 Å². The third-order valence-electron chi connectivity index (χ3n) is 4.08. The van der Waals surface area contributed by atoms with Crippen LogP contribution < -0.4 is 0 Å². The number of carbonyl (C=O) groups excluding carboxylic acids is 1. The maximum Gasteiger partial charge on any atom is 0.416 e. The standard InChI is InChI=1S/C16H20F4N2O4S/c1-2-26-15(23)11-21-6-3-7-22(9-8-21)27(24,25)14-10-12(16(18,19)20)4-5-13(14)17/h4-5,10H,2-3,6-9,11H2,1H3. The summed E-state index contributed by atoms with van der Waals surface area (Å²) in [6.45, 7) is 2.41. The van der Waals surface area contributed by atoms with Gasteiger partial charge in [0, 0.05) is 26.2 Å². The average molecular weight is 412 g/mol. The summed E-state index contributed by atoms with van der Waals surface area (Å²) in [4.78, 5) is 12.2. The number of alkyl halides is 3. The normalized spacial score (nSPS) is 17.5. The lowest BCUT2D eigenvalue weighted by atomic mass is 10.2. The van der Waals surface area contributed by atoms with Crippen molar-refractivity contribution in [3.63, 3.8) is 0 Å². The van der Waals surface area contributed by atoms with E-state index in [9.17, 15) is 30.8 Å². The number of nitrogens with zero attached hydrogens (tertiary/aromatic N) is 2. The second-order valence-electron chi connectivity index (χ2n) is 5.98. The van der Waals surface area contributed by atoms with Crippen LogP contribution in [0.2, 0.25) is 0 Å². The van der Waals surface area contributed by atoms with Crippen molar-refractivity contribution >= 4 is 16.0 Å². The van der Waals surface area contributed by atoms with Crippen molar-refractivity contribution in [2.24, 2.45) is 0 Å². The van der Waals surface area contributed by atoms with Crippen LogP contribution in [0.1, 0.15) is 18.9 Å². The highest BCUT2D eigenvalue weighted by Gasteiger charge is 2.35. The van der Waals surface area contributed by atoms with Crippen LogP contribution in [0.25, 0.3) is 0 Å². The molecule has 1 aromatic rings. The molecule has 6 nitrogen and oxygen atoms in total. The topological polar surface area (TPSA) is 66.9 Å². The highest BCUT2D eigenvalue weighted by atomic mass is 32.2. The number of benzene rings is 1. The Labute approximate surface area is 154 Å². The van der Waals surface area contributed by atoms with Gasteiger partial charge in [-0.25, -0.2) is 12.8 Å². The van der Waals surface area contributed by atoms with Gasteiger partial charge in [0.2, 0.25) is 10.0 Å². The Balaban J connectivity index is 2.19. The summed E-state index contributed by atoms with van der Waals surface area (Å²) in [5, 5.41) is 0. The number of halogens is 4. The molecule has 0 atom stereocenters. The molecule has 0 aromatic heterocycles. The first kappa shape index (κ1) is 21.6. The molecule has 152 valence electrons. The predicted molar refractivity (Wildman–Crippen MR) is 87.9 cm³/mol. The van der Waals surface area contributed by atoms with E-state index >= 15 is 0 Å². The van der Waals surface area contributed by atoms with E-state index in [1.165, 1.54) is 0 Å². The molecular formula is C16H20F4N2O4S. The molecule has 11 heteroatoms. The second-order valence-corrected chi connectivity index (χ2v) is 7.89. The molecule has 27 heavy (non-hydrogen) atoms. The number of sulfonamides is 1. The first-order valence-corrected chi connectivity index (χ1v) is 9.74. The van der Waals surface area contributed by atoms with E-state index in [-0.39, 0.29) is 32.8 Å². The lowest BCUT2D eigenvalue weighted by molar-refractivity contribution is -0.144. The van der Waals surface area contributed by atoms with Gasteiger partial charge in [-0.05, 0) is 31.5 Å². The van der Waals surface area contributed by atoms with Crippen molar-refractivity contribution in [2.75, 3.05) is 39.3 Å². The molecule has 0 spiro atoms. The quantitative estimate of drug-likeness (QED) is 0.548. The fourth-order valence-electron chi connectivity index (χ4n) is 2.75. The summed E-state index contributed by atoms with van der Waals surface area (Å²) in [6, 6.07) is 1.31.